The number of benzene rings is 1. The summed E-state index contributed by atoms with van der Waals surface area (Å²) in [6.45, 7) is -0.0679. The largest absolute Gasteiger partial charge is 0.495 e. The molecule has 1 atom stereocenters. The predicted molar refractivity (Wildman–Crippen MR) is 76.0 cm³/mol. The van der Waals surface area contributed by atoms with E-state index in [4.69, 9.17) is 10.5 Å². The zero-order valence-electron chi connectivity index (χ0n) is 10.7. The Morgan fingerprint density at radius 1 is 1.39 bits per heavy atom. The van der Waals surface area contributed by atoms with Crippen LogP contribution in [-0.4, -0.2) is 18.8 Å². The highest BCUT2D eigenvalue weighted by Gasteiger charge is 2.21. The Labute approximate surface area is 116 Å². The number of hydrogen-bond donors (Lipinski definition) is 2. The Balaban J connectivity index is 2.54. The lowest BCUT2D eigenvalue weighted by molar-refractivity contribution is 0.264. The molecule has 1 aliphatic rings. The number of rotatable bonds is 3. The van der Waals surface area contributed by atoms with Crippen molar-refractivity contribution in [3.05, 3.63) is 27.2 Å². The second kappa shape index (κ2) is 6.04. The van der Waals surface area contributed by atoms with Gasteiger partial charge in [0.15, 0.2) is 0 Å². The summed E-state index contributed by atoms with van der Waals surface area (Å²) in [5.41, 5.74) is 9.55. The van der Waals surface area contributed by atoms with Crippen molar-refractivity contribution in [3.8, 4) is 5.75 Å². The van der Waals surface area contributed by atoms with Gasteiger partial charge in [-0.05, 0) is 52.7 Å². The zero-order chi connectivity index (χ0) is 13.1. The molecule has 0 saturated heterocycles. The minimum atomic E-state index is -0.384. The van der Waals surface area contributed by atoms with Gasteiger partial charge in [0.2, 0.25) is 0 Å². The lowest BCUT2D eigenvalue weighted by atomic mass is 9.96. The Bertz CT molecular complexity index is 434. The van der Waals surface area contributed by atoms with E-state index >= 15 is 0 Å². The average Bonchev–Trinajstić information content (AvgIpc) is 2.63. The molecule has 0 aromatic heterocycles. The summed E-state index contributed by atoms with van der Waals surface area (Å²) in [6, 6.07) is 1.73. The van der Waals surface area contributed by atoms with Crippen LogP contribution in [0.1, 0.15) is 42.0 Å². The first-order chi connectivity index (χ1) is 8.69. The number of aliphatic hydroxyl groups excluding tert-OH is 1. The molecule has 0 spiro atoms. The van der Waals surface area contributed by atoms with Crippen LogP contribution in [0.25, 0.3) is 0 Å². The molecule has 3 nitrogen and oxygen atoms in total. The van der Waals surface area contributed by atoms with E-state index in [1.165, 1.54) is 30.4 Å². The maximum atomic E-state index is 9.26. The molecule has 18 heavy (non-hydrogen) atoms. The quantitative estimate of drug-likeness (QED) is 0.844. The molecule has 0 saturated carbocycles. The van der Waals surface area contributed by atoms with Crippen LogP contribution in [0.4, 0.5) is 0 Å². The number of nitrogens with two attached hydrogens (primary N) is 1. The summed E-state index contributed by atoms with van der Waals surface area (Å²) in [5, 5.41) is 9.26. The molecule has 0 heterocycles. The van der Waals surface area contributed by atoms with Crippen LogP contribution in [0, 0.1) is 0 Å². The predicted octanol–water partition coefficient (Wildman–Crippen LogP) is 2.72. The Morgan fingerprint density at radius 2 is 2.11 bits per heavy atom. The fourth-order valence-electron chi connectivity index (χ4n) is 2.61. The molecular formula is C14H20BrNO2. The molecule has 0 bridgehead atoms. The van der Waals surface area contributed by atoms with E-state index in [1.807, 2.05) is 0 Å². The average molecular weight is 314 g/mol. The topological polar surface area (TPSA) is 55.5 Å². The SMILES string of the molecule is COc1c(C(N)CO)cc2c(c1Br)CCCCC2. The van der Waals surface area contributed by atoms with Crippen molar-refractivity contribution in [3.63, 3.8) is 0 Å². The van der Waals surface area contributed by atoms with E-state index in [-0.39, 0.29) is 12.6 Å². The number of aryl methyl sites for hydroxylation is 1. The van der Waals surface area contributed by atoms with Crippen molar-refractivity contribution in [1.82, 2.24) is 0 Å². The third-order valence-electron chi connectivity index (χ3n) is 3.62. The summed E-state index contributed by atoms with van der Waals surface area (Å²) in [6.07, 6.45) is 5.88. The van der Waals surface area contributed by atoms with E-state index in [0.717, 1.165) is 28.6 Å². The molecule has 100 valence electrons. The highest BCUT2D eigenvalue weighted by Crippen LogP contribution is 2.39. The standard InChI is InChI=1S/C14H20BrNO2/c1-18-14-11(12(16)8-17)7-9-5-3-2-4-6-10(9)13(14)15/h7,12,17H,2-6,8,16H2,1H3. The second-order valence-corrected chi connectivity index (χ2v) is 5.59. The summed E-state index contributed by atoms with van der Waals surface area (Å²) in [4.78, 5) is 0. The third kappa shape index (κ3) is 2.56. The molecule has 1 aliphatic carbocycles. The first-order valence-electron chi connectivity index (χ1n) is 6.43. The molecule has 0 fully saturated rings. The molecular weight excluding hydrogens is 294 g/mol. The van der Waals surface area contributed by atoms with Gasteiger partial charge in [-0.3, -0.25) is 0 Å². The minimum Gasteiger partial charge on any atom is -0.495 e. The molecule has 4 heteroatoms. The van der Waals surface area contributed by atoms with Gasteiger partial charge >= 0.3 is 0 Å². The number of ether oxygens (including phenoxy) is 1. The van der Waals surface area contributed by atoms with Crippen LogP contribution in [0.15, 0.2) is 10.5 Å². The third-order valence-corrected chi connectivity index (χ3v) is 4.46. The fourth-order valence-corrected chi connectivity index (χ4v) is 3.46. The van der Waals surface area contributed by atoms with Gasteiger partial charge < -0.3 is 15.6 Å². The van der Waals surface area contributed by atoms with E-state index in [0.29, 0.717) is 0 Å². The first-order valence-corrected chi connectivity index (χ1v) is 7.23. The molecule has 0 amide bonds. The summed E-state index contributed by atoms with van der Waals surface area (Å²) in [7, 11) is 1.65. The first kappa shape index (κ1) is 13.8. The van der Waals surface area contributed by atoms with Crippen molar-refractivity contribution in [2.75, 3.05) is 13.7 Å². The van der Waals surface area contributed by atoms with Gasteiger partial charge in [0.1, 0.15) is 5.75 Å². The molecule has 1 aromatic rings. The van der Waals surface area contributed by atoms with Crippen LogP contribution in [-0.2, 0) is 12.8 Å². The summed E-state index contributed by atoms with van der Waals surface area (Å²) in [5.74, 6) is 0.775. The van der Waals surface area contributed by atoms with Crippen molar-refractivity contribution in [1.29, 1.82) is 0 Å². The highest BCUT2D eigenvalue weighted by atomic mass is 79.9. The fraction of sp³-hybridized carbons (Fsp3) is 0.571. The lowest BCUT2D eigenvalue weighted by Gasteiger charge is -2.20. The Hall–Kier alpha value is -0.580. The van der Waals surface area contributed by atoms with E-state index < -0.39 is 0 Å². The monoisotopic (exact) mass is 313 g/mol. The van der Waals surface area contributed by atoms with Gasteiger partial charge in [-0.25, -0.2) is 0 Å². The summed E-state index contributed by atoms with van der Waals surface area (Å²) < 4.78 is 6.48. The maximum Gasteiger partial charge on any atom is 0.138 e. The van der Waals surface area contributed by atoms with Gasteiger partial charge in [0, 0.05) is 5.56 Å². The van der Waals surface area contributed by atoms with Crippen LogP contribution in [0.5, 0.6) is 5.75 Å². The normalized spacial score (nSPS) is 16.9. The molecule has 3 N–H and O–H groups in total. The van der Waals surface area contributed by atoms with Crippen molar-refractivity contribution in [2.24, 2.45) is 5.73 Å². The van der Waals surface area contributed by atoms with Gasteiger partial charge in [0.05, 0.1) is 24.2 Å². The van der Waals surface area contributed by atoms with Gasteiger partial charge in [-0.2, -0.15) is 0 Å². The van der Waals surface area contributed by atoms with Crippen LogP contribution in [0.3, 0.4) is 0 Å². The zero-order valence-corrected chi connectivity index (χ0v) is 12.3. The number of methoxy groups -OCH3 is 1. The van der Waals surface area contributed by atoms with Crippen molar-refractivity contribution >= 4 is 15.9 Å². The van der Waals surface area contributed by atoms with E-state index in [1.54, 1.807) is 7.11 Å². The Kier molecular flexibility index (Phi) is 4.65. The second-order valence-electron chi connectivity index (χ2n) is 4.80. The van der Waals surface area contributed by atoms with Crippen molar-refractivity contribution in [2.45, 2.75) is 38.1 Å². The summed E-state index contributed by atoms with van der Waals surface area (Å²) >= 11 is 3.65. The molecule has 0 radical (unpaired) electrons. The number of hydrogen-bond acceptors (Lipinski definition) is 3. The molecule has 2 rings (SSSR count). The number of fused-ring (bicyclic) bond motifs is 1. The van der Waals surface area contributed by atoms with Crippen LogP contribution >= 0.6 is 15.9 Å². The van der Waals surface area contributed by atoms with Gasteiger partial charge in [0.25, 0.3) is 0 Å². The Morgan fingerprint density at radius 3 is 2.78 bits per heavy atom. The van der Waals surface area contributed by atoms with Crippen LogP contribution in [0.2, 0.25) is 0 Å². The maximum absolute atomic E-state index is 9.26. The van der Waals surface area contributed by atoms with Crippen molar-refractivity contribution < 1.29 is 9.84 Å². The molecule has 0 aliphatic heterocycles. The van der Waals surface area contributed by atoms with E-state index in [9.17, 15) is 5.11 Å². The minimum absolute atomic E-state index is 0.0679. The molecule has 1 aromatic carbocycles. The smallest absolute Gasteiger partial charge is 0.138 e. The number of halogens is 1. The van der Waals surface area contributed by atoms with E-state index in [2.05, 4.69) is 22.0 Å². The van der Waals surface area contributed by atoms with Gasteiger partial charge in [-0.15, -0.1) is 0 Å². The van der Waals surface area contributed by atoms with Gasteiger partial charge in [-0.1, -0.05) is 12.5 Å². The molecule has 1 unspecified atom stereocenters. The van der Waals surface area contributed by atoms with Crippen LogP contribution < -0.4 is 10.5 Å². The highest BCUT2D eigenvalue weighted by molar-refractivity contribution is 9.10. The number of aliphatic hydroxyl groups is 1. The lowest BCUT2D eigenvalue weighted by Crippen LogP contribution is -2.16.